The van der Waals surface area contributed by atoms with Crippen molar-refractivity contribution in [2.24, 2.45) is 0 Å². The average Bonchev–Trinajstić information content (AvgIpc) is 3.27. The first-order valence-electron chi connectivity index (χ1n) is 9.49. The van der Waals surface area contributed by atoms with Crippen LogP contribution in [0, 0.1) is 0 Å². The molecule has 1 aromatic rings. The molecule has 0 aromatic heterocycles. The van der Waals surface area contributed by atoms with Crippen LogP contribution in [-0.4, -0.2) is 73.4 Å². The van der Waals surface area contributed by atoms with Crippen molar-refractivity contribution in [3.8, 4) is 5.75 Å². The molecule has 0 saturated carbocycles. The number of carbonyl (C=O) groups excluding carboxylic acids is 1. The Labute approximate surface area is 159 Å². The van der Waals surface area contributed by atoms with Crippen LogP contribution >= 0.6 is 11.6 Å². The van der Waals surface area contributed by atoms with Crippen molar-refractivity contribution < 1.29 is 14.3 Å². The number of carbonyl (C=O) groups is 1. The van der Waals surface area contributed by atoms with Gasteiger partial charge in [0.05, 0.1) is 23.3 Å². The zero-order valence-electron chi connectivity index (χ0n) is 14.9. The lowest BCUT2D eigenvalue weighted by Crippen LogP contribution is -2.55. The number of hydrogen-bond acceptors (Lipinski definition) is 4. The molecule has 1 aromatic carbocycles. The molecular formula is C19H26ClN3O3. The fourth-order valence-corrected chi connectivity index (χ4v) is 4.25. The summed E-state index contributed by atoms with van der Waals surface area (Å²) >= 11 is 6.09. The SMILES string of the molecule is O=C(N[C@@H]1C[C@H]2CC[C@@H]1O2)N1CCN(CCOc2ccccc2Cl)CC1. The van der Waals surface area contributed by atoms with E-state index >= 15 is 0 Å². The van der Waals surface area contributed by atoms with Crippen LogP contribution in [0.2, 0.25) is 5.02 Å². The van der Waals surface area contributed by atoms with Gasteiger partial charge in [-0.1, -0.05) is 23.7 Å². The van der Waals surface area contributed by atoms with Gasteiger partial charge in [-0.15, -0.1) is 0 Å². The maximum absolute atomic E-state index is 12.5. The summed E-state index contributed by atoms with van der Waals surface area (Å²) < 4.78 is 11.6. The van der Waals surface area contributed by atoms with E-state index in [1.807, 2.05) is 29.2 Å². The van der Waals surface area contributed by atoms with Crippen molar-refractivity contribution >= 4 is 17.6 Å². The molecule has 3 aliphatic heterocycles. The molecule has 3 fully saturated rings. The van der Waals surface area contributed by atoms with Gasteiger partial charge in [0.15, 0.2) is 0 Å². The Kier molecular flexibility index (Phi) is 5.52. The Bertz CT molecular complexity index is 636. The lowest BCUT2D eigenvalue weighted by atomic mass is 9.96. The monoisotopic (exact) mass is 379 g/mol. The highest BCUT2D eigenvalue weighted by atomic mass is 35.5. The van der Waals surface area contributed by atoms with Gasteiger partial charge in [-0.3, -0.25) is 4.90 Å². The molecule has 142 valence electrons. The zero-order valence-corrected chi connectivity index (χ0v) is 15.7. The number of benzene rings is 1. The highest BCUT2D eigenvalue weighted by molar-refractivity contribution is 6.32. The van der Waals surface area contributed by atoms with E-state index in [4.69, 9.17) is 21.1 Å². The van der Waals surface area contributed by atoms with Crippen LogP contribution in [0.1, 0.15) is 19.3 Å². The molecule has 0 aliphatic carbocycles. The summed E-state index contributed by atoms with van der Waals surface area (Å²) in [5, 5.41) is 3.81. The Morgan fingerprint density at radius 3 is 2.73 bits per heavy atom. The van der Waals surface area contributed by atoms with Gasteiger partial charge < -0.3 is 19.7 Å². The molecule has 26 heavy (non-hydrogen) atoms. The lowest BCUT2D eigenvalue weighted by Gasteiger charge is -2.35. The predicted molar refractivity (Wildman–Crippen MR) is 99.8 cm³/mol. The van der Waals surface area contributed by atoms with Crippen molar-refractivity contribution in [3.63, 3.8) is 0 Å². The summed E-state index contributed by atoms with van der Waals surface area (Å²) in [6, 6.07) is 7.77. The summed E-state index contributed by atoms with van der Waals surface area (Å²) in [6.45, 7) is 4.66. The van der Waals surface area contributed by atoms with E-state index in [2.05, 4.69) is 10.2 Å². The third-order valence-electron chi connectivity index (χ3n) is 5.58. The minimum absolute atomic E-state index is 0.0538. The number of rotatable bonds is 5. The van der Waals surface area contributed by atoms with Crippen LogP contribution in [0.3, 0.4) is 0 Å². The predicted octanol–water partition coefficient (Wildman–Crippen LogP) is 2.37. The lowest BCUT2D eigenvalue weighted by molar-refractivity contribution is 0.0945. The van der Waals surface area contributed by atoms with Crippen molar-refractivity contribution in [2.45, 2.75) is 37.5 Å². The molecule has 0 radical (unpaired) electrons. The first kappa shape index (κ1) is 17.9. The van der Waals surface area contributed by atoms with Gasteiger partial charge >= 0.3 is 6.03 Å². The Balaban J connectivity index is 1.16. The molecule has 3 atom stereocenters. The Hall–Kier alpha value is -1.50. The van der Waals surface area contributed by atoms with Crippen LogP contribution in [-0.2, 0) is 4.74 Å². The van der Waals surface area contributed by atoms with Crippen LogP contribution in [0.15, 0.2) is 24.3 Å². The van der Waals surface area contributed by atoms with E-state index in [9.17, 15) is 4.79 Å². The number of piperazine rings is 1. The maximum Gasteiger partial charge on any atom is 0.317 e. The van der Waals surface area contributed by atoms with Gasteiger partial charge in [0.25, 0.3) is 0 Å². The summed E-state index contributed by atoms with van der Waals surface area (Å²) in [5.41, 5.74) is 0. The Morgan fingerprint density at radius 1 is 1.23 bits per heavy atom. The molecule has 4 rings (SSSR count). The summed E-state index contributed by atoms with van der Waals surface area (Å²) in [4.78, 5) is 16.7. The number of amides is 2. The molecule has 6 nitrogen and oxygen atoms in total. The number of urea groups is 1. The fraction of sp³-hybridized carbons (Fsp3) is 0.632. The normalized spacial score (nSPS) is 28.3. The van der Waals surface area contributed by atoms with Gasteiger partial charge in [0.1, 0.15) is 12.4 Å². The van der Waals surface area contributed by atoms with E-state index in [-0.39, 0.29) is 18.2 Å². The largest absolute Gasteiger partial charge is 0.491 e. The smallest absolute Gasteiger partial charge is 0.317 e. The second-order valence-electron chi connectivity index (χ2n) is 7.27. The van der Waals surface area contributed by atoms with Crippen LogP contribution in [0.25, 0.3) is 0 Å². The van der Waals surface area contributed by atoms with E-state index in [1.54, 1.807) is 0 Å². The standard InChI is InChI=1S/C19H26ClN3O3/c20-15-3-1-2-4-17(15)25-12-11-22-7-9-23(10-8-22)19(24)21-16-13-14-5-6-18(16)26-14/h1-4,14,16,18H,5-13H2,(H,21,24)/t14-,16-,18+/m1/s1. The summed E-state index contributed by atoms with van der Waals surface area (Å²) in [5.74, 6) is 0.722. The topological polar surface area (TPSA) is 54.0 Å². The second kappa shape index (κ2) is 8.03. The highest BCUT2D eigenvalue weighted by Crippen LogP contribution is 2.34. The molecule has 0 unspecified atom stereocenters. The molecule has 0 spiro atoms. The quantitative estimate of drug-likeness (QED) is 0.853. The number of fused-ring (bicyclic) bond motifs is 2. The van der Waals surface area contributed by atoms with Gasteiger partial charge in [-0.25, -0.2) is 4.79 Å². The van der Waals surface area contributed by atoms with E-state index in [0.717, 1.165) is 57.7 Å². The van der Waals surface area contributed by atoms with Gasteiger partial charge in [0.2, 0.25) is 0 Å². The van der Waals surface area contributed by atoms with E-state index in [1.165, 1.54) is 0 Å². The van der Waals surface area contributed by atoms with Crippen LogP contribution in [0.4, 0.5) is 4.79 Å². The molecule has 3 aliphatic rings. The van der Waals surface area contributed by atoms with E-state index in [0.29, 0.717) is 17.7 Å². The van der Waals surface area contributed by atoms with Gasteiger partial charge in [-0.2, -0.15) is 0 Å². The van der Waals surface area contributed by atoms with Crippen LogP contribution < -0.4 is 10.1 Å². The number of para-hydroxylation sites is 1. The third kappa shape index (κ3) is 4.08. The maximum atomic E-state index is 12.5. The number of halogens is 1. The first-order chi connectivity index (χ1) is 12.7. The molecule has 7 heteroatoms. The third-order valence-corrected chi connectivity index (χ3v) is 5.89. The molecule has 2 bridgehead atoms. The fourth-order valence-electron chi connectivity index (χ4n) is 4.06. The number of ether oxygens (including phenoxy) is 2. The molecule has 2 amide bonds. The average molecular weight is 380 g/mol. The zero-order chi connectivity index (χ0) is 17.9. The van der Waals surface area contributed by atoms with Gasteiger partial charge in [0, 0.05) is 32.7 Å². The molecule has 1 N–H and O–H groups in total. The molecular weight excluding hydrogens is 354 g/mol. The minimum Gasteiger partial charge on any atom is -0.491 e. The summed E-state index contributed by atoms with van der Waals surface area (Å²) in [7, 11) is 0. The van der Waals surface area contributed by atoms with Crippen LogP contribution in [0.5, 0.6) is 5.75 Å². The minimum atomic E-state index is 0.0538. The number of hydrogen-bond donors (Lipinski definition) is 1. The van der Waals surface area contributed by atoms with E-state index < -0.39 is 0 Å². The highest BCUT2D eigenvalue weighted by Gasteiger charge is 2.41. The first-order valence-corrected chi connectivity index (χ1v) is 9.87. The van der Waals surface area contributed by atoms with Crippen molar-refractivity contribution in [1.82, 2.24) is 15.1 Å². The van der Waals surface area contributed by atoms with Gasteiger partial charge in [-0.05, 0) is 31.4 Å². The van der Waals surface area contributed by atoms with Crippen molar-refractivity contribution in [3.05, 3.63) is 29.3 Å². The summed E-state index contributed by atoms with van der Waals surface area (Å²) in [6.07, 6.45) is 3.78. The number of nitrogens with zero attached hydrogens (tertiary/aromatic N) is 2. The Morgan fingerprint density at radius 2 is 2.04 bits per heavy atom. The van der Waals surface area contributed by atoms with Crippen molar-refractivity contribution in [1.29, 1.82) is 0 Å². The molecule has 3 heterocycles. The number of nitrogens with one attached hydrogen (secondary N) is 1. The second-order valence-corrected chi connectivity index (χ2v) is 7.68. The van der Waals surface area contributed by atoms with Crippen molar-refractivity contribution in [2.75, 3.05) is 39.3 Å². The molecule has 3 saturated heterocycles.